The molecule has 1 aliphatic carbocycles. The van der Waals surface area contributed by atoms with Gasteiger partial charge < -0.3 is 29.5 Å². The van der Waals surface area contributed by atoms with E-state index in [-0.39, 0.29) is 46.4 Å². The average molecular weight is 907 g/mol. The van der Waals surface area contributed by atoms with Crippen molar-refractivity contribution in [3.05, 3.63) is 115 Å². The lowest BCUT2D eigenvalue weighted by Crippen LogP contribution is -2.33. The van der Waals surface area contributed by atoms with E-state index in [0.29, 0.717) is 25.7 Å². The highest BCUT2D eigenvalue weighted by Gasteiger charge is 2.29. The smallest absolute Gasteiger partial charge is 0.138 e. The number of nitrogens with zero attached hydrogens (tertiary/aromatic N) is 2. The highest BCUT2D eigenvalue weighted by atomic mass is 32.1. The number of benzene rings is 4. The van der Waals surface area contributed by atoms with Crippen molar-refractivity contribution in [3.63, 3.8) is 0 Å². The van der Waals surface area contributed by atoms with E-state index in [1.165, 1.54) is 0 Å². The van der Waals surface area contributed by atoms with Crippen molar-refractivity contribution in [2.75, 3.05) is 39.4 Å². The first-order valence-corrected chi connectivity index (χ1v) is 24.4. The summed E-state index contributed by atoms with van der Waals surface area (Å²) in [5.74, 6) is 2.05. The van der Waals surface area contributed by atoms with Crippen LogP contribution in [0.4, 0.5) is 0 Å². The molecule has 0 aromatic heterocycles. The molecule has 0 spiro atoms. The largest absolute Gasteiger partial charge is 0.507 e. The van der Waals surface area contributed by atoms with Crippen LogP contribution in [0.2, 0.25) is 0 Å². The molecule has 1 aliphatic rings. The van der Waals surface area contributed by atoms with Crippen LogP contribution in [0.3, 0.4) is 0 Å². The minimum Gasteiger partial charge on any atom is -0.507 e. The Morgan fingerprint density at radius 3 is 0.812 bits per heavy atom. The molecule has 0 saturated carbocycles. The molecule has 2 N–H and O–H groups in total. The van der Waals surface area contributed by atoms with Crippen LogP contribution < -0.4 is 9.47 Å². The normalized spacial score (nSPS) is 13.4. The lowest BCUT2D eigenvalue weighted by molar-refractivity contribution is 0.342. The van der Waals surface area contributed by atoms with Gasteiger partial charge in [0.25, 0.3) is 0 Å². The van der Waals surface area contributed by atoms with Gasteiger partial charge in [0.1, 0.15) is 46.2 Å². The van der Waals surface area contributed by atoms with Gasteiger partial charge in [0, 0.05) is 51.9 Å². The summed E-state index contributed by atoms with van der Waals surface area (Å²) in [7, 11) is 0. The van der Waals surface area contributed by atoms with Gasteiger partial charge in [0.2, 0.25) is 0 Å². The molecule has 0 radical (unpaired) electrons. The zero-order valence-electron chi connectivity index (χ0n) is 42.1. The van der Waals surface area contributed by atoms with E-state index in [1.807, 2.05) is 0 Å². The van der Waals surface area contributed by atoms with E-state index in [0.717, 1.165) is 114 Å². The summed E-state index contributed by atoms with van der Waals surface area (Å²) in [4.78, 5) is 5.80. The van der Waals surface area contributed by atoms with Gasteiger partial charge in [0.15, 0.2) is 0 Å². The fourth-order valence-corrected chi connectivity index (χ4v) is 9.25. The van der Waals surface area contributed by atoms with Gasteiger partial charge in [0.05, 0.1) is 0 Å². The minimum atomic E-state index is -0.204. The van der Waals surface area contributed by atoms with Crippen LogP contribution in [0.25, 0.3) is 0 Å². The number of ether oxygens (including phenoxy) is 2. The van der Waals surface area contributed by atoms with Crippen LogP contribution in [0.15, 0.2) is 48.5 Å². The molecule has 64 heavy (non-hydrogen) atoms. The standard InChI is InChI=1S/C56H78N2O4S2/c1-17-57(18-2)47(63)33-61-51-39-21-35-25-43(53(5,6)7)27-37(49(35)59)23-41-31-46(56(14,15)16)32-42(52(41)62-34-48(64)58(19-3)20-4)24-38-28-44(54(8,9)10)26-36(50(38)60)22-40(51)30-45(29-39)55(11,12)13/h25-32,59-60H,17-24,33-34H2,1-16H3. The Morgan fingerprint density at radius 1 is 0.422 bits per heavy atom. The van der Waals surface area contributed by atoms with E-state index < -0.39 is 0 Å². The third-order valence-electron chi connectivity index (χ3n) is 12.9. The molecule has 5 rings (SSSR count). The maximum atomic E-state index is 12.6. The number of hydrogen-bond acceptors (Lipinski definition) is 6. The number of fused-ring (bicyclic) bond motifs is 8. The second-order valence-corrected chi connectivity index (χ2v) is 22.9. The fourth-order valence-electron chi connectivity index (χ4n) is 8.62. The highest BCUT2D eigenvalue weighted by molar-refractivity contribution is 7.80. The lowest BCUT2D eigenvalue weighted by Gasteiger charge is -2.29. The highest BCUT2D eigenvalue weighted by Crippen LogP contribution is 2.44. The Kier molecular flexibility index (Phi) is 15.7. The lowest BCUT2D eigenvalue weighted by atomic mass is 9.79. The molecule has 0 atom stereocenters. The van der Waals surface area contributed by atoms with E-state index in [1.54, 1.807) is 0 Å². The SMILES string of the molecule is CCN(CC)C(=S)COc1c2cc(C(C)(C)C)cc1Cc1cc(C(C)(C)C)cc(c1O)Cc1cc(C(C)(C)C)cc(c1OCC(=S)N(CC)CC)Cc1cc(C(C)(C)C)cc(c1O)C2. The van der Waals surface area contributed by atoms with Crippen molar-refractivity contribution in [2.45, 2.75) is 158 Å². The molecule has 6 nitrogen and oxygen atoms in total. The number of likely N-dealkylation sites (N-methyl/N-ethyl adjacent to an activating group) is 2. The molecule has 0 heterocycles. The average Bonchev–Trinajstić information content (AvgIpc) is 3.18. The first-order chi connectivity index (χ1) is 29.7. The molecule has 8 bridgehead atoms. The molecule has 0 fully saturated rings. The summed E-state index contributed by atoms with van der Waals surface area (Å²) in [6, 6.07) is 17.7. The summed E-state index contributed by atoms with van der Waals surface area (Å²) in [5.41, 5.74) is 11.0. The number of thiocarbonyl (C=S) groups is 2. The summed E-state index contributed by atoms with van der Waals surface area (Å²) in [6.07, 6.45) is 1.73. The maximum absolute atomic E-state index is 12.6. The van der Waals surface area contributed by atoms with Crippen LogP contribution in [0.5, 0.6) is 23.0 Å². The fraction of sp³-hybridized carbons (Fsp3) is 0.536. The first kappa shape index (κ1) is 50.9. The quantitative estimate of drug-likeness (QED) is 0.134. The second-order valence-electron chi connectivity index (χ2n) is 21.9. The molecule has 8 heteroatoms. The van der Waals surface area contributed by atoms with Crippen molar-refractivity contribution >= 4 is 34.4 Å². The number of phenols is 2. The molecule has 0 aliphatic heterocycles. The molecule has 4 aromatic carbocycles. The third kappa shape index (κ3) is 11.8. The maximum Gasteiger partial charge on any atom is 0.138 e. The predicted molar refractivity (Wildman–Crippen MR) is 277 cm³/mol. The van der Waals surface area contributed by atoms with Gasteiger partial charge in [-0.05, 0) is 116 Å². The van der Waals surface area contributed by atoms with Gasteiger partial charge in [-0.25, -0.2) is 0 Å². The van der Waals surface area contributed by atoms with Crippen molar-refractivity contribution < 1.29 is 19.7 Å². The summed E-state index contributed by atoms with van der Waals surface area (Å²) >= 11 is 11.9. The zero-order chi connectivity index (χ0) is 47.7. The Bertz CT molecular complexity index is 2080. The number of hydrogen-bond donors (Lipinski definition) is 2. The monoisotopic (exact) mass is 907 g/mol. The van der Waals surface area contributed by atoms with E-state index in [2.05, 4.69) is 169 Å². The van der Waals surface area contributed by atoms with E-state index >= 15 is 0 Å². The number of rotatable bonds is 10. The van der Waals surface area contributed by atoms with Gasteiger partial charge in [-0.2, -0.15) is 0 Å². The van der Waals surface area contributed by atoms with Gasteiger partial charge in [-0.15, -0.1) is 0 Å². The van der Waals surface area contributed by atoms with Crippen LogP contribution in [0.1, 0.15) is 178 Å². The minimum absolute atomic E-state index is 0.197. The van der Waals surface area contributed by atoms with Crippen molar-refractivity contribution in [2.24, 2.45) is 0 Å². The molecule has 0 unspecified atom stereocenters. The summed E-state index contributed by atoms with van der Waals surface area (Å²) in [5, 5.41) is 25.3. The Morgan fingerprint density at radius 2 is 0.625 bits per heavy atom. The zero-order valence-corrected chi connectivity index (χ0v) is 43.7. The molecule has 348 valence electrons. The van der Waals surface area contributed by atoms with Crippen LogP contribution >= 0.6 is 24.4 Å². The summed E-state index contributed by atoms with van der Waals surface area (Å²) in [6.45, 7) is 38.9. The molecular formula is C56H78N2O4S2. The third-order valence-corrected chi connectivity index (χ3v) is 13.7. The second kappa shape index (κ2) is 19.8. The van der Waals surface area contributed by atoms with Crippen molar-refractivity contribution in [1.82, 2.24) is 9.80 Å². The Hall–Kier alpha value is -4.14. The van der Waals surface area contributed by atoms with E-state index in [9.17, 15) is 10.2 Å². The van der Waals surface area contributed by atoms with Gasteiger partial charge in [-0.3, -0.25) is 0 Å². The van der Waals surface area contributed by atoms with Crippen LogP contribution in [0, 0.1) is 0 Å². The van der Waals surface area contributed by atoms with Crippen LogP contribution in [-0.4, -0.2) is 69.4 Å². The Balaban J connectivity index is 1.93. The molecule has 4 aromatic rings. The number of phenolic OH excluding ortho intramolecular Hbond substituents is 2. The number of aromatic hydroxyl groups is 2. The predicted octanol–water partition coefficient (Wildman–Crippen LogP) is 13.1. The Labute approximate surface area is 397 Å². The van der Waals surface area contributed by atoms with Crippen molar-refractivity contribution in [1.29, 1.82) is 0 Å². The van der Waals surface area contributed by atoms with Gasteiger partial charge >= 0.3 is 0 Å². The topological polar surface area (TPSA) is 65.4 Å². The van der Waals surface area contributed by atoms with E-state index in [4.69, 9.17) is 33.9 Å². The molecule has 0 saturated heterocycles. The van der Waals surface area contributed by atoms with Crippen LogP contribution in [-0.2, 0) is 47.3 Å². The van der Waals surface area contributed by atoms with Gasteiger partial charge in [-0.1, -0.05) is 156 Å². The first-order valence-electron chi connectivity index (χ1n) is 23.5. The molecule has 0 amide bonds. The summed E-state index contributed by atoms with van der Waals surface area (Å²) < 4.78 is 13.9. The van der Waals surface area contributed by atoms with Crippen molar-refractivity contribution in [3.8, 4) is 23.0 Å². The molecular weight excluding hydrogens is 829 g/mol.